The Bertz CT molecular complexity index is 504. The summed E-state index contributed by atoms with van der Waals surface area (Å²) in [4.78, 5) is 10.8. The number of hydrogen-bond donors (Lipinski definition) is 1. The number of rotatable bonds is 4. The van der Waals surface area contributed by atoms with Gasteiger partial charge in [-0.05, 0) is 36.6 Å². The number of carboxylic acids is 1. The predicted octanol–water partition coefficient (Wildman–Crippen LogP) is 3.22. The van der Waals surface area contributed by atoms with Crippen LogP contribution in [-0.4, -0.2) is 18.2 Å². The van der Waals surface area contributed by atoms with E-state index in [9.17, 15) is 18.0 Å². The van der Waals surface area contributed by atoms with E-state index < -0.39 is 23.1 Å². The normalized spacial score (nSPS) is 17.1. The third-order valence-electron chi connectivity index (χ3n) is 3.43. The molecule has 2 rings (SSSR count). The number of halogens is 3. The Morgan fingerprint density at radius 1 is 1.37 bits per heavy atom. The lowest BCUT2D eigenvalue weighted by Crippen LogP contribution is -2.15. The van der Waals surface area contributed by atoms with Crippen LogP contribution in [0, 0.1) is 0 Å². The van der Waals surface area contributed by atoms with Crippen LogP contribution in [0.2, 0.25) is 0 Å². The number of aliphatic carboxylic acids is 1. The highest BCUT2D eigenvalue weighted by Crippen LogP contribution is 2.52. The zero-order valence-electron chi connectivity index (χ0n) is 10.3. The van der Waals surface area contributed by atoms with Crippen molar-refractivity contribution in [3.8, 4) is 5.75 Å². The Kier molecular flexibility index (Phi) is 3.20. The number of methoxy groups -OCH3 is 1. The molecule has 1 aliphatic rings. The molecule has 0 atom stereocenters. The van der Waals surface area contributed by atoms with Crippen molar-refractivity contribution in [2.45, 2.75) is 30.9 Å². The van der Waals surface area contributed by atoms with Crippen molar-refractivity contribution in [1.29, 1.82) is 0 Å². The summed E-state index contributed by atoms with van der Waals surface area (Å²) in [6.07, 6.45) is -3.45. The second-order valence-corrected chi connectivity index (χ2v) is 4.80. The van der Waals surface area contributed by atoms with Gasteiger partial charge in [-0.2, -0.15) is 13.2 Å². The molecule has 19 heavy (non-hydrogen) atoms. The molecule has 0 aliphatic heterocycles. The second-order valence-electron chi connectivity index (χ2n) is 4.80. The molecule has 1 saturated carbocycles. The second kappa shape index (κ2) is 4.43. The van der Waals surface area contributed by atoms with Gasteiger partial charge in [0, 0.05) is 5.41 Å². The van der Waals surface area contributed by atoms with E-state index in [1.54, 1.807) is 0 Å². The molecule has 1 fully saturated rings. The van der Waals surface area contributed by atoms with Gasteiger partial charge < -0.3 is 9.84 Å². The largest absolute Gasteiger partial charge is 0.497 e. The maximum Gasteiger partial charge on any atom is 0.416 e. The number of carboxylic acid groups (broad SMARTS) is 1. The van der Waals surface area contributed by atoms with Crippen molar-refractivity contribution in [2.75, 3.05) is 7.11 Å². The third-order valence-corrected chi connectivity index (χ3v) is 3.43. The highest BCUT2D eigenvalue weighted by atomic mass is 19.4. The van der Waals surface area contributed by atoms with E-state index in [0.717, 1.165) is 12.1 Å². The van der Waals surface area contributed by atoms with Crippen LogP contribution in [0.5, 0.6) is 5.75 Å². The van der Waals surface area contributed by atoms with E-state index in [1.165, 1.54) is 13.2 Å². The SMILES string of the molecule is COc1cc(C(F)(F)F)cc(C2(CC(=O)O)CC2)c1. The minimum Gasteiger partial charge on any atom is -0.497 e. The fourth-order valence-corrected chi connectivity index (χ4v) is 2.19. The zero-order valence-corrected chi connectivity index (χ0v) is 10.3. The third kappa shape index (κ3) is 2.83. The van der Waals surface area contributed by atoms with Crippen molar-refractivity contribution in [1.82, 2.24) is 0 Å². The maximum absolute atomic E-state index is 12.8. The summed E-state index contributed by atoms with van der Waals surface area (Å²) in [5.74, 6) is -0.907. The van der Waals surface area contributed by atoms with Crippen molar-refractivity contribution in [3.05, 3.63) is 29.3 Å². The first-order valence-corrected chi connectivity index (χ1v) is 5.75. The summed E-state index contributed by atoms with van der Waals surface area (Å²) in [5, 5.41) is 8.85. The maximum atomic E-state index is 12.8. The number of alkyl halides is 3. The lowest BCUT2D eigenvalue weighted by molar-refractivity contribution is -0.138. The molecule has 104 valence electrons. The van der Waals surface area contributed by atoms with Gasteiger partial charge in [-0.15, -0.1) is 0 Å². The lowest BCUT2D eigenvalue weighted by Gasteiger charge is -2.17. The molecular weight excluding hydrogens is 261 g/mol. The summed E-state index contributed by atoms with van der Waals surface area (Å²) < 4.78 is 43.2. The highest BCUT2D eigenvalue weighted by Gasteiger charge is 2.47. The van der Waals surface area contributed by atoms with Crippen molar-refractivity contribution in [3.63, 3.8) is 0 Å². The molecule has 0 amide bonds. The van der Waals surface area contributed by atoms with Crippen LogP contribution in [-0.2, 0) is 16.4 Å². The molecule has 1 aromatic carbocycles. The molecule has 1 aliphatic carbocycles. The fraction of sp³-hybridized carbons (Fsp3) is 0.462. The Labute approximate surface area is 108 Å². The van der Waals surface area contributed by atoms with Crippen molar-refractivity contribution in [2.24, 2.45) is 0 Å². The zero-order chi connectivity index (χ0) is 14.3. The minimum atomic E-state index is -4.47. The average molecular weight is 274 g/mol. The first kappa shape index (κ1) is 13.7. The van der Waals surface area contributed by atoms with E-state index in [-0.39, 0.29) is 12.2 Å². The van der Waals surface area contributed by atoms with Crippen LogP contribution in [0.3, 0.4) is 0 Å². The van der Waals surface area contributed by atoms with E-state index >= 15 is 0 Å². The summed E-state index contributed by atoms with van der Waals surface area (Å²) in [6, 6.07) is 3.43. The quantitative estimate of drug-likeness (QED) is 0.917. The molecule has 0 aromatic heterocycles. The van der Waals surface area contributed by atoms with Gasteiger partial charge in [0.15, 0.2) is 0 Å². The van der Waals surface area contributed by atoms with Gasteiger partial charge in [0.2, 0.25) is 0 Å². The van der Waals surface area contributed by atoms with Gasteiger partial charge in [0.25, 0.3) is 0 Å². The monoisotopic (exact) mass is 274 g/mol. The van der Waals surface area contributed by atoms with Gasteiger partial charge in [-0.3, -0.25) is 4.79 Å². The molecule has 0 saturated heterocycles. The number of benzene rings is 1. The van der Waals surface area contributed by atoms with Gasteiger partial charge in [0.1, 0.15) is 5.75 Å². The summed E-state index contributed by atoms with van der Waals surface area (Å²) >= 11 is 0. The first-order chi connectivity index (χ1) is 8.77. The Hall–Kier alpha value is -1.72. The van der Waals surface area contributed by atoms with E-state index in [1.807, 2.05) is 0 Å². The first-order valence-electron chi connectivity index (χ1n) is 5.75. The summed E-state index contributed by atoms with van der Waals surface area (Å²) in [5.41, 5.74) is -1.08. The average Bonchev–Trinajstić information content (AvgIpc) is 3.07. The smallest absolute Gasteiger partial charge is 0.416 e. The topological polar surface area (TPSA) is 46.5 Å². The van der Waals surface area contributed by atoms with Gasteiger partial charge in [-0.1, -0.05) is 0 Å². The molecule has 0 spiro atoms. The minimum absolute atomic E-state index is 0.0986. The molecule has 0 heterocycles. The van der Waals surface area contributed by atoms with E-state index in [4.69, 9.17) is 9.84 Å². The molecule has 3 nitrogen and oxygen atoms in total. The summed E-state index contributed by atoms with van der Waals surface area (Å²) in [7, 11) is 1.29. The Morgan fingerprint density at radius 3 is 2.42 bits per heavy atom. The number of ether oxygens (including phenoxy) is 1. The molecule has 0 bridgehead atoms. The summed E-state index contributed by atoms with van der Waals surface area (Å²) in [6.45, 7) is 0. The molecular formula is C13H13F3O3. The molecule has 0 unspecified atom stereocenters. The molecule has 6 heteroatoms. The number of hydrogen-bond acceptors (Lipinski definition) is 2. The van der Waals surface area contributed by atoms with Crippen LogP contribution in [0.1, 0.15) is 30.4 Å². The van der Waals surface area contributed by atoms with Gasteiger partial charge in [0.05, 0.1) is 19.1 Å². The Morgan fingerprint density at radius 2 is 2.00 bits per heavy atom. The van der Waals surface area contributed by atoms with Gasteiger partial charge in [-0.25, -0.2) is 0 Å². The highest BCUT2D eigenvalue weighted by molar-refractivity contribution is 5.70. The van der Waals surface area contributed by atoms with Crippen molar-refractivity contribution >= 4 is 5.97 Å². The lowest BCUT2D eigenvalue weighted by atomic mass is 9.91. The molecule has 1 N–H and O–H groups in total. The van der Waals surface area contributed by atoms with Gasteiger partial charge >= 0.3 is 12.1 Å². The Balaban J connectivity index is 2.43. The predicted molar refractivity (Wildman–Crippen MR) is 61.2 cm³/mol. The molecule has 0 radical (unpaired) electrons. The van der Waals surface area contributed by atoms with Crippen LogP contribution >= 0.6 is 0 Å². The van der Waals surface area contributed by atoms with Crippen LogP contribution in [0.15, 0.2) is 18.2 Å². The van der Waals surface area contributed by atoms with E-state index in [0.29, 0.717) is 18.4 Å². The standard InChI is InChI=1S/C13H13F3O3/c1-19-10-5-8(4-9(6-10)13(14,15)16)12(2-3-12)7-11(17)18/h4-6H,2-3,7H2,1H3,(H,17,18). The fourth-order valence-electron chi connectivity index (χ4n) is 2.19. The number of carbonyl (C=O) groups is 1. The van der Waals surface area contributed by atoms with Crippen LogP contribution < -0.4 is 4.74 Å². The molecule has 1 aromatic rings. The van der Waals surface area contributed by atoms with Crippen LogP contribution in [0.25, 0.3) is 0 Å². The van der Waals surface area contributed by atoms with Crippen molar-refractivity contribution < 1.29 is 27.8 Å². The van der Waals surface area contributed by atoms with E-state index in [2.05, 4.69) is 0 Å². The van der Waals surface area contributed by atoms with Crippen LogP contribution in [0.4, 0.5) is 13.2 Å².